The molecule has 2 aromatic rings. The Morgan fingerprint density at radius 2 is 1.83 bits per heavy atom. The number of nitrogens with zero attached hydrogens (tertiary/aromatic N) is 1. The van der Waals surface area contributed by atoms with Crippen LogP contribution in [-0.4, -0.2) is 30.8 Å². The maximum Gasteiger partial charge on any atom is 0.314 e. The van der Waals surface area contributed by atoms with Gasteiger partial charge >= 0.3 is 6.03 Å². The molecule has 0 fully saturated rings. The van der Waals surface area contributed by atoms with Crippen molar-refractivity contribution in [3.05, 3.63) is 64.1 Å². The number of amides is 2. The van der Waals surface area contributed by atoms with E-state index in [4.69, 9.17) is 4.74 Å². The van der Waals surface area contributed by atoms with Gasteiger partial charge in [0.2, 0.25) is 0 Å². The Kier molecular flexibility index (Phi) is 6.42. The topological polar surface area (TPSA) is 72.4 Å². The number of ether oxygens (including phenoxy) is 1. The fraction of sp³-hybridized carbons (Fsp3) is 0.333. The van der Waals surface area contributed by atoms with Gasteiger partial charge < -0.3 is 19.9 Å². The van der Waals surface area contributed by atoms with Crippen LogP contribution in [0.4, 0.5) is 4.79 Å². The first-order chi connectivity index (χ1) is 11.6. The molecule has 0 aliphatic rings. The fourth-order valence-electron chi connectivity index (χ4n) is 2.41. The average Bonchev–Trinajstić information content (AvgIpc) is 2.58. The summed E-state index contributed by atoms with van der Waals surface area (Å²) >= 11 is 0. The van der Waals surface area contributed by atoms with Gasteiger partial charge in [-0.15, -0.1) is 0 Å². The molecule has 6 heteroatoms. The monoisotopic (exact) mass is 329 g/mol. The molecule has 0 radical (unpaired) electrons. The summed E-state index contributed by atoms with van der Waals surface area (Å²) in [5.41, 5.74) is 1.84. The largest absolute Gasteiger partial charge is 0.496 e. The molecule has 0 bridgehead atoms. The van der Waals surface area contributed by atoms with Crippen LogP contribution in [0.3, 0.4) is 0 Å². The standard InChI is InChI=1S/C18H23N3O3/c1-14-12-16(24-2)13-17(22)21(14)11-10-20-18(23)19-9-8-15-6-4-3-5-7-15/h3-7,12-13H,8-11H2,1-2H3,(H2,19,20,23). The minimum absolute atomic E-state index is 0.141. The molecule has 0 aliphatic carbocycles. The molecule has 0 unspecified atom stereocenters. The Morgan fingerprint density at radius 1 is 1.12 bits per heavy atom. The van der Waals surface area contributed by atoms with Crippen LogP contribution >= 0.6 is 0 Å². The zero-order valence-electron chi connectivity index (χ0n) is 14.0. The zero-order chi connectivity index (χ0) is 17.4. The molecule has 1 aromatic carbocycles. The van der Waals surface area contributed by atoms with E-state index in [9.17, 15) is 9.59 Å². The fourth-order valence-corrected chi connectivity index (χ4v) is 2.41. The van der Waals surface area contributed by atoms with Gasteiger partial charge in [-0.25, -0.2) is 4.79 Å². The number of hydrogen-bond donors (Lipinski definition) is 2. The van der Waals surface area contributed by atoms with Crippen molar-refractivity contribution in [3.8, 4) is 5.75 Å². The predicted octanol–water partition coefficient (Wildman–Crippen LogP) is 1.71. The molecule has 2 amide bonds. The molecule has 2 rings (SSSR count). The molecule has 6 nitrogen and oxygen atoms in total. The summed E-state index contributed by atoms with van der Waals surface area (Å²) in [6.45, 7) is 3.20. The van der Waals surface area contributed by atoms with Gasteiger partial charge in [-0.2, -0.15) is 0 Å². The van der Waals surface area contributed by atoms with Crippen molar-refractivity contribution in [2.75, 3.05) is 20.2 Å². The Hall–Kier alpha value is -2.76. The molecule has 2 N–H and O–H groups in total. The highest BCUT2D eigenvalue weighted by Gasteiger charge is 2.05. The summed E-state index contributed by atoms with van der Waals surface area (Å²) in [5.74, 6) is 0.542. The Balaban J connectivity index is 1.74. The van der Waals surface area contributed by atoms with Crippen molar-refractivity contribution in [3.63, 3.8) is 0 Å². The van der Waals surface area contributed by atoms with Crippen molar-refractivity contribution >= 4 is 6.03 Å². The number of urea groups is 1. The SMILES string of the molecule is COc1cc(C)n(CCNC(=O)NCCc2ccccc2)c(=O)c1. The highest BCUT2D eigenvalue weighted by atomic mass is 16.5. The van der Waals surface area contributed by atoms with Crippen LogP contribution in [0.15, 0.2) is 47.3 Å². The van der Waals surface area contributed by atoms with Crippen LogP contribution < -0.4 is 20.9 Å². The van der Waals surface area contributed by atoms with Crippen molar-refractivity contribution in [1.29, 1.82) is 0 Å². The van der Waals surface area contributed by atoms with E-state index in [1.165, 1.54) is 18.7 Å². The van der Waals surface area contributed by atoms with Crippen LogP contribution in [0.2, 0.25) is 0 Å². The molecular weight excluding hydrogens is 306 g/mol. The number of pyridine rings is 1. The molecular formula is C18H23N3O3. The number of methoxy groups -OCH3 is 1. The van der Waals surface area contributed by atoms with E-state index in [1.54, 1.807) is 10.6 Å². The minimum Gasteiger partial charge on any atom is -0.496 e. The van der Waals surface area contributed by atoms with Crippen LogP contribution in [-0.2, 0) is 13.0 Å². The first-order valence-electron chi connectivity index (χ1n) is 7.91. The third kappa shape index (κ3) is 5.15. The summed E-state index contributed by atoms with van der Waals surface area (Å²) in [6, 6.07) is 13.0. The van der Waals surface area contributed by atoms with E-state index in [2.05, 4.69) is 10.6 Å². The Labute approximate surface area is 141 Å². The van der Waals surface area contributed by atoms with Crippen molar-refractivity contribution in [2.24, 2.45) is 0 Å². The number of rotatable bonds is 7. The lowest BCUT2D eigenvalue weighted by Crippen LogP contribution is -2.39. The smallest absolute Gasteiger partial charge is 0.314 e. The predicted molar refractivity (Wildman–Crippen MR) is 93.5 cm³/mol. The number of hydrogen-bond acceptors (Lipinski definition) is 3. The van der Waals surface area contributed by atoms with Gasteiger partial charge in [0.15, 0.2) is 0 Å². The van der Waals surface area contributed by atoms with Gasteiger partial charge in [0, 0.05) is 31.4 Å². The van der Waals surface area contributed by atoms with Crippen molar-refractivity contribution in [2.45, 2.75) is 19.9 Å². The molecule has 24 heavy (non-hydrogen) atoms. The van der Waals surface area contributed by atoms with Gasteiger partial charge in [-0.3, -0.25) is 4.79 Å². The third-order valence-electron chi connectivity index (χ3n) is 3.71. The number of carbonyl (C=O) groups is 1. The first-order valence-corrected chi connectivity index (χ1v) is 7.91. The van der Waals surface area contributed by atoms with Crippen LogP contribution in [0, 0.1) is 6.92 Å². The normalized spacial score (nSPS) is 10.2. The lowest BCUT2D eigenvalue weighted by Gasteiger charge is -2.12. The Morgan fingerprint density at radius 3 is 2.50 bits per heavy atom. The lowest BCUT2D eigenvalue weighted by molar-refractivity contribution is 0.240. The van der Waals surface area contributed by atoms with Gasteiger partial charge in [-0.1, -0.05) is 30.3 Å². The van der Waals surface area contributed by atoms with Crippen LogP contribution in [0.1, 0.15) is 11.3 Å². The number of carbonyl (C=O) groups excluding carboxylic acids is 1. The van der Waals surface area contributed by atoms with E-state index in [-0.39, 0.29) is 11.6 Å². The highest BCUT2D eigenvalue weighted by molar-refractivity contribution is 5.73. The summed E-state index contributed by atoms with van der Waals surface area (Å²) in [7, 11) is 1.53. The second kappa shape index (κ2) is 8.76. The van der Waals surface area contributed by atoms with Gasteiger partial charge in [0.25, 0.3) is 5.56 Å². The third-order valence-corrected chi connectivity index (χ3v) is 3.71. The quantitative estimate of drug-likeness (QED) is 0.812. The van der Waals surface area contributed by atoms with E-state index in [1.807, 2.05) is 37.3 Å². The zero-order valence-corrected chi connectivity index (χ0v) is 14.0. The molecule has 1 aromatic heterocycles. The summed E-state index contributed by atoms with van der Waals surface area (Å²) in [6.07, 6.45) is 0.783. The molecule has 0 saturated heterocycles. The molecule has 0 saturated carbocycles. The van der Waals surface area contributed by atoms with E-state index in [0.717, 1.165) is 12.1 Å². The number of benzene rings is 1. The minimum atomic E-state index is -0.231. The second-order valence-corrected chi connectivity index (χ2v) is 5.44. The molecule has 1 heterocycles. The number of nitrogens with one attached hydrogen (secondary N) is 2. The van der Waals surface area contributed by atoms with Gasteiger partial charge in [-0.05, 0) is 25.0 Å². The number of aromatic nitrogens is 1. The van der Waals surface area contributed by atoms with E-state index < -0.39 is 0 Å². The van der Waals surface area contributed by atoms with Gasteiger partial charge in [0.1, 0.15) is 5.75 Å². The summed E-state index contributed by atoms with van der Waals surface area (Å²) < 4.78 is 6.67. The highest BCUT2D eigenvalue weighted by Crippen LogP contribution is 2.08. The maximum atomic E-state index is 12.0. The molecule has 0 atom stereocenters. The average molecular weight is 329 g/mol. The number of aryl methyl sites for hydroxylation is 1. The summed E-state index contributed by atoms with van der Waals surface area (Å²) in [4.78, 5) is 23.7. The maximum absolute atomic E-state index is 12.0. The lowest BCUT2D eigenvalue weighted by atomic mass is 10.1. The van der Waals surface area contributed by atoms with Crippen LogP contribution in [0.25, 0.3) is 0 Å². The summed E-state index contributed by atoms with van der Waals surface area (Å²) in [5, 5.41) is 5.57. The Bertz CT molecular complexity index is 726. The van der Waals surface area contributed by atoms with Gasteiger partial charge in [0.05, 0.1) is 7.11 Å². The van der Waals surface area contributed by atoms with Crippen molar-refractivity contribution < 1.29 is 9.53 Å². The van der Waals surface area contributed by atoms with E-state index >= 15 is 0 Å². The first kappa shape index (κ1) is 17.6. The van der Waals surface area contributed by atoms with Crippen molar-refractivity contribution in [1.82, 2.24) is 15.2 Å². The second-order valence-electron chi connectivity index (χ2n) is 5.44. The molecule has 128 valence electrons. The molecule has 0 aliphatic heterocycles. The van der Waals surface area contributed by atoms with Crippen LogP contribution in [0.5, 0.6) is 5.75 Å². The van der Waals surface area contributed by atoms with E-state index in [0.29, 0.717) is 25.4 Å². The molecule has 0 spiro atoms.